The van der Waals surface area contributed by atoms with Gasteiger partial charge in [0.2, 0.25) is 0 Å². The Morgan fingerprint density at radius 1 is 1.20 bits per heavy atom. The molecule has 2 rings (SSSR count). The van der Waals surface area contributed by atoms with Crippen LogP contribution >= 0.6 is 11.6 Å². The summed E-state index contributed by atoms with van der Waals surface area (Å²) in [5.41, 5.74) is -0.692. The van der Waals surface area contributed by atoms with Crippen molar-refractivity contribution in [2.45, 2.75) is 0 Å². The van der Waals surface area contributed by atoms with E-state index >= 15 is 0 Å². The quantitative estimate of drug-likeness (QED) is 0.700. The highest BCUT2D eigenvalue weighted by atomic mass is 35.5. The number of hydrogen-bond acceptors (Lipinski definition) is 2. The number of ketones is 1. The molecule has 0 amide bonds. The van der Waals surface area contributed by atoms with Gasteiger partial charge in [0, 0.05) is 18.8 Å². The van der Waals surface area contributed by atoms with E-state index in [1.54, 1.807) is 0 Å². The third-order valence-electron chi connectivity index (χ3n) is 2.74. The summed E-state index contributed by atoms with van der Waals surface area (Å²) in [7, 11) is 1.43. The van der Waals surface area contributed by atoms with Gasteiger partial charge in [-0.05, 0) is 18.2 Å². The highest BCUT2D eigenvalue weighted by Crippen LogP contribution is 2.22. The number of nitrogens with zero attached hydrogens (tertiary/aromatic N) is 1. The van der Waals surface area contributed by atoms with Crippen molar-refractivity contribution < 1.29 is 23.5 Å². The number of halogens is 3. The van der Waals surface area contributed by atoms with Crippen molar-refractivity contribution in [3.8, 4) is 0 Å². The van der Waals surface area contributed by atoms with Crippen LogP contribution in [0.2, 0.25) is 5.02 Å². The molecule has 2 aromatic rings. The number of carboxylic acids is 1. The van der Waals surface area contributed by atoms with E-state index in [0.29, 0.717) is 12.1 Å². The van der Waals surface area contributed by atoms with Crippen molar-refractivity contribution in [2.24, 2.45) is 7.05 Å². The lowest BCUT2D eigenvalue weighted by atomic mass is 10.1. The molecule has 1 aromatic carbocycles. The van der Waals surface area contributed by atoms with Gasteiger partial charge in [0.1, 0.15) is 17.3 Å². The van der Waals surface area contributed by atoms with E-state index in [9.17, 15) is 18.4 Å². The summed E-state index contributed by atoms with van der Waals surface area (Å²) in [6, 6.07) is 2.48. The SMILES string of the molecule is Cn1cc(C(=O)c2cc(F)c(Cl)cc2F)cc1C(=O)O. The summed E-state index contributed by atoms with van der Waals surface area (Å²) in [4.78, 5) is 22.9. The fourth-order valence-corrected chi connectivity index (χ4v) is 1.90. The molecule has 104 valence electrons. The van der Waals surface area contributed by atoms with Crippen molar-refractivity contribution in [3.63, 3.8) is 0 Å². The topological polar surface area (TPSA) is 59.3 Å². The van der Waals surface area contributed by atoms with Gasteiger partial charge in [0.15, 0.2) is 5.78 Å². The third-order valence-corrected chi connectivity index (χ3v) is 3.03. The maximum atomic E-state index is 13.6. The first-order chi connectivity index (χ1) is 9.31. The van der Waals surface area contributed by atoms with Crippen LogP contribution in [0.3, 0.4) is 0 Å². The van der Waals surface area contributed by atoms with E-state index < -0.39 is 34.0 Å². The first-order valence-electron chi connectivity index (χ1n) is 5.40. The van der Waals surface area contributed by atoms with Crippen LogP contribution in [-0.4, -0.2) is 21.4 Å². The normalized spacial score (nSPS) is 10.6. The number of rotatable bonds is 3. The Morgan fingerprint density at radius 3 is 2.40 bits per heavy atom. The molecule has 0 radical (unpaired) electrons. The fraction of sp³-hybridized carbons (Fsp3) is 0.0769. The maximum absolute atomic E-state index is 13.6. The number of aromatic nitrogens is 1. The Bertz CT molecular complexity index is 725. The van der Waals surface area contributed by atoms with Gasteiger partial charge in [-0.3, -0.25) is 4.79 Å². The number of aromatic carboxylic acids is 1. The number of aryl methyl sites for hydroxylation is 1. The smallest absolute Gasteiger partial charge is 0.352 e. The molecule has 0 bridgehead atoms. The predicted octanol–water partition coefficient (Wildman–Crippen LogP) is 2.89. The lowest BCUT2D eigenvalue weighted by Crippen LogP contribution is -2.04. The minimum atomic E-state index is -1.23. The highest BCUT2D eigenvalue weighted by Gasteiger charge is 2.20. The van der Waals surface area contributed by atoms with Gasteiger partial charge < -0.3 is 9.67 Å². The third kappa shape index (κ3) is 2.42. The number of carbonyl (C=O) groups is 2. The molecule has 0 saturated heterocycles. The van der Waals surface area contributed by atoms with Crippen molar-refractivity contribution >= 4 is 23.4 Å². The summed E-state index contributed by atoms with van der Waals surface area (Å²) >= 11 is 5.40. The molecule has 1 aromatic heterocycles. The zero-order valence-electron chi connectivity index (χ0n) is 10.2. The molecule has 0 aliphatic carbocycles. The Morgan fingerprint density at radius 2 is 1.85 bits per heavy atom. The van der Waals surface area contributed by atoms with Crippen molar-refractivity contribution in [2.75, 3.05) is 0 Å². The lowest BCUT2D eigenvalue weighted by Gasteiger charge is -2.02. The first-order valence-corrected chi connectivity index (χ1v) is 5.78. The van der Waals surface area contributed by atoms with Crippen LogP contribution in [0.5, 0.6) is 0 Å². The molecule has 7 heteroatoms. The van der Waals surface area contributed by atoms with Crippen LogP contribution in [0, 0.1) is 11.6 Å². The molecule has 1 N–H and O–H groups in total. The van der Waals surface area contributed by atoms with Crippen LogP contribution in [0.25, 0.3) is 0 Å². The second kappa shape index (κ2) is 5.05. The Labute approximate surface area is 117 Å². The monoisotopic (exact) mass is 299 g/mol. The molecule has 0 fully saturated rings. The molecular weight excluding hydrogens is 292 g/mol. The predicted molar refractivity (Wildman–Crippen MR) is 67.2 cm³/mol. The van der Waals surface area contributed by atoms with Crippen LogP contribution < -0.4 is 0 Å². The van der Waals surface area contributed by atoms with E-state index in [-0.39, 0.29) is 11.3 Å². The molecule has 20 heavy (non-hydrogen) atoms. The van der Waals surface area contributed by atoms with Gasteiger partial charge in [0.25, 0.3) is 0 Å². The summed E-state index contributed by atoms with van der Waals surface area (Å²) in [5, 5.41) is 8.45. The van der Waals surface area contributed by atoms with Crippen molar-refractivity contribution in [3.05, 3.63) is 57.9 Å². The van der Waals surface area contributed by atoms with Gasteiger partial charge >= 0.3 is 5.97 Å². The summed E-state index contributed by atoms with van der Waals surface area (Å²) in [6.45, 7) is 0. The Kier molecular flexibility index (Phi) is 3.59. The van der Waals surface area contributed by atoms with Gasteiger partial charge in [-0.2, -0.15) is 0 Å². The lowest BCUT2D eigenvalue weighted by molar-refractivity contribution is 0.0686. The zero-order valence-corrected chi connectivity index (χ0v) is 10.9. The number of hydrogen-bond donors (Lipinski definition) is 1. The molecule has 0 unspecified atom stereocenters. The summed E-state index contributed by atoms with van der Waals surface area (Å²) in [6.07, 6.45) is 1.23. The molecule has 0 atom stereocenters. The minimum Gasteiger partial charge on any atom is -0.477 e. The van der Waals surface area contributed by atoms with Crippen LogP contribution in [0.4, 0.5) is 8.78 Å². The number of carboxylic acid groups (broad SMARTS) is 1. The van der Waals surface area contributed by atoms with Crippen LogP contribution in [0.15, 0.2) is 24.4 Å². The average Bonchev–Trinajstić information content (AvgIpc) is 2.75. The molecule has 1 heterocycles. The molecular formula is C13H8ClF2NO3. The fourth-order valence-electron chi connectivity index (χ4n) is 1.75. The van der Waals surface area contributed by atoms with E-state index in [1.807, 2.05) is 0 Å². The molecule has 0 spiro atoms. The second-order valence-corrected chi connectivity index (χ2v) is 4.51. The standard InChI is InChI=1S/C13H8ClF2NO3/c1-17-5-6(2-11(17)13(19)20)12(18)7-3-10(16)8(14)4-9(7)15/h2-5H,1H3,(H,19,20). The maximum Gasteiger partial charge on any atom is 0.352 e. The van der Waals surface area contributed by atoms with Gasteiger partial charge in [0.05, 0.1) is 10.6 Å². The van der Waals surface area contributed by atoms with Crippen molar-refractivity contribution in [1.82, 2.24) is 4.57 Å². The number of carbonyl (C=O) groups excluding carboxylic acids is 1. The van der Waals surface area contributed by atoms with Crippen molar-refractivity contribution in [1.29, 1.82) is 0 Å². The number of benzene rings is 1. The zero-order chi connectivity index (χ0) is 15.0. The van der Waals surface area contributed by atoms with Crippen LogP contribution in [0.1, 0.15) is 26.4 Å². The second-order valence-electron chi connectivity index (χ2n) is 4.11. The Balaban J connectivity index is 2.49. The molecule has 0 aliphatic heterocycles. The summed E-state index contributed by atoms with van der Waals surface area (Å²) in [5.74, 6) is -3.94. The van der Waals surface area contributed by atoms with Gasteiger partial charge in [-0.15, -0.1) is 0 Å². The van der Waals surface area contributed by atoms with Gasteiger partial charge in [-0.25, -0.2) is 13.6 Å². The van der Waals surface area contributed by atoms with Gasteiger partial charge in [-0.1, -0.05) is 11.6 Å². The molecule has 0 aliphatic rings. The first kappa shape index (κ1) is 14.2. The highest BCUT2D eigenvalue weighted by molar-refractivity contribution is 6.30. The molecule has 0 saturated carbocycles. The molecule has 4 nitrogen and oxygen atoms in total. The Hall–Kier alpha value is -2.21. The summed E-state index contributed by atoms with van der Waals surface area (Å²) < 4.78 is 28.1. The van der Waals surface area contributed by atoms with E-state index in [1.165, 1.54) is 17.8 Å². The largest absolute Gasteiger partial charge is 0.477 e. The average molecular weight is 300 g/mol. The van der Waals surface area contributed by atoms with E-state index in [0.717, 1.165) is 6.07 Å². The minimum absolute atomic E-state index is 0.0504. The van der Waals surface area contributed by atoms with E-state index in [2.05, 4.69) is 0 Å². The van der Waals surface area contributed by atoms with E-state index in [4.69, 9.17) is 16.7 Å². The van der Waals surface area contributed by atoms with Crippen LogP contribution in [-0.2, 0) is 7.05 Å².